The molecule has 8 heteroatoms. The Balaban J connectivity index is 1.75. The van der Waals surface area contributed by atoms with Crippen LogP contribution in [0.4, 0.5) is 0 Å². The fourth-order valence-corrected chi connectivity index (χ4v) is 4.10. The molecule has 0 radical (unpaired) electrons. The summed E-state index contributed by atoms with van der Waals surface area (Å²) in [5, 5.41) is 8.27. The molecule has 0 aliphatic carbocycles. The molecular weight excluding hydrogens is 436 g/mol. The Morgan fingerprint density at radius 2 is 1.85 bits per heavy atom. The summed E-state index contributed by atoms with van der Waals surface area (Å²) in [6.07, 6.45) is 1.81. The van der Waals surface area contributed by atoms with E-state index < -0.39 is 0 Å². The molecule has 2 aromatic carbocycles. The molecule has 7 nitrogen and oxygen atoms in total. The smallest absolute Gasteiger partial charge is 0.258 e. The molecular formula is C25H26N4O3S. The van der Waals surface area contributed by atoms with Crippen molar-refractivity contribution in [2.45, 2.75) is 19.9 Å². The minimum atomic E-state index is -0.251. The Labute approximate surface area is 198 Å². The van der Waals surface area contributed by atoms with E-state index in [1.165, 1.54) is 0 Å². The van der Waals surface area contributed by atoms with Gasteiger partial charge in [0.1, 0.15) is 11.5 Å². The van der Waals surface area contributed by atoms with Crippen molar-refractivity contribution in [3.05, 3.63) is 78.3 Å². The molecule has 1 aliphatic heterocycles. The minimum Gasteiger partial charge on any atom is -0.497 e. The monoisotopic (exact) mass is 462 g/mol. The highest BCUT2D eigenvalue weighted by Gasteiger charge is 2.33. The molecule has 1 N–H and O–H groups in total. The second-order valence-corrected chi connectivity index (χ2v) is 7.82. The Kier molecular flexibility index (Phi) is 6.74. The fraction of sp³-hybridized carbons (Fsp3) is 0.240. The van der Waals surface area contributed by atoms with Gasteiger partial charge in [-0.25, -0.2) is 0 Å². The number of nitrogens with one attached hydrogen (secondary N) is 1. The van der Waals surface area contributed by atoms with Crippen molar-refractivity contribution < 1.29 is 14.0 Å². The Bertz CT molecular complexity index is 1170. The van der Waals surface area contributed by atoms with Crippen LogP contribution in [0.15, 0.2) is 71.4 Å². The van der Waals surface area contributed by atoms with Gasteiger partial charge in [-0.15, -0.1) is 6.58 Å². The van der Waals surface area contributed by atoms with Gasteiger partial charge in [0.25, 0.3) is 5.89 Å². The zero-order chi connectivity index (χ0) is 23.4. The molecule has 0 saturated heterocycles. The molecule has 4 rings (SSSR count). The maximum absolute atomic E-state index is 5.75. The van der Waals surface area contributed by atoms with Crippen molar-refractivity contribution in [3.8, 4) is 22.9 Å². The number of nitrogens with zero attached hydrogens (tertiary/aromatic N) is 3. The van der Waals surface area contributed by atoms with Crippen molar-refractivity contribution in [2.24, 2.45) is 0 Å². The van der Waals surface area contributed by atoms with E-state index in [0.29, 0.717) is 30.0 Å². The van der Waals surface area contributed by atoms with Gasteiger partial charge in [0.05, 0.1) is 25.3 Å². The molecule has 0 saturated carbocycles. The van der Waals surface area contributed by atoms with Crippen LogP contribution in [0.2, 0.25) is 0 Å². The van der Waals surface area contributed by atoms with Gasteiger partial charge in [-0.1, -0.05) is 23.4 Å². The number of benzene rings is 2. The first-order valence-corrected chi connectivity index (χ1v) is 11.1. The number of hydrogen-bond donors (Lipinski definition) is 1. The Hall–Kier alpha value is -3.65. The second kappa shape index (κ2) is 9.87. The van der Waals surface area contributed by atoms with E-state index >= 15 is 0 Å². The SMILES string of the molecule is C=CCN1C(=S)NC(c2ccc(OCC)cc2)C(c2nc(-c3ccc(OC)cc3)no2)=C1C. The summed E-state index contributed by atoms with van der Waals surface area (Å²) in [6.45, 7) is 9.00. The van der Waals surface area contributed by atoms with E-state index in [2.05, 4.69) is 17.1 Å². The molecule has 1 atom stereocenters. The van der Waals surface area contributed by atoms with Crippen molar-refractivity contribution in [2.75, 3.05) is 20.3 Å². The fourth-order valence-electron chi connectivity index (χ4n) is 3.77. The molecule has 1 unspecified atom stereocenters. The largest absolute Gasteiger partial charge is 0.497 e. The van der Waals surface area contributed by atoms with E-state index in [1.54, 1.807) is 7.11 Å². The summed E-state index contributed by atoms with van der Waals surface area (Å²) >= 11 is 5.65. The average Bonchev–Trinajstić information content (AvgIpc) is 3.32. The zero-order valence-electron chi connectivity index (χ0n) is 18.9. The predicted molar refractivity (Wildman–Crippen MR) is 132 cm³/mol. The number of methoxy groups -OCH3 is 1. The van der Waals surface area contributed by atoms with Gasteiger partial charge in [0.2, 0.25) is 5.82 Å². The van der Waals surface area contributed by atoms with Crippen LogP contribution in [0.1, 0.15) is 31.3 Å². The molecule has 1 aromatic heterocycles. The number of aromatic nitrogens is 2. The lowest BCUT2D eigenvalue weighted by molar-refractivity contribution is 0.340. The molecule has 0 amide bonds. The summed E-state index contributed by atoms with van der Waals surface area (Å²) < 4.78 is 16.6. The summed E-state index contributed by atoms with van der Waals surface area (Å²) in [5.74, 6) is 2.51. The Morgan fingerprint density at radius 1 is 1.15 bits per heavy atom. The van der Waals surface area contributed by atoms with Crippen LogP contribution in [0.5, 0.6) is 11.5 Å². The van der Waals surface area contributed by atoms with Gasteiger partial charge in [-0.3, -0.25) is 0 Å². The highest BCUT2D eigenvalue weighted by Crippen LogP contribution is 2.37. The van der Waals surface area contributed by atoms with Gasteiger partial charge in [-0.2, -0.15) is 4.98 Å². The van der Waals surface area contributed by atoms with Gasteiger partial charge in [0.15, 0.2) is 5.11 Å². The van der Waals surface area contributed by atoms with Crippen molar-refractivity contribution in [1.82, 2.24) is 20.4 Å². The number of thiocarbonyl (C=S) groups is 1. The van der Waals surface area contributed by atoms with E-state index in [9.17, 15) is 0 Å². The molecule has 3 aromatic rings. The molecule has 0 bridgehead atoms. The zero-order valence-corrected chi connectivity index (χ0v) is 19.7. The Morgan fingerprint density at radius 3 is 2.48 bits per heavy atom. The van der Waals surface area contributed by atoms with Crippen LogP contribution in [0, 0.1) is 0 Å². The first kappa shape index (κ1) is 22.5. The highest BCUT2D eigenvalue weighted by atomic mass is 32.1. The number of hydrogen-bond acceptors (Lipinski definition) is 6. The maximum atomic E-state index is 5.75. The van der Waals surface area contributed by atoms with Crippen LogP contribution in [-0.4, -0.2) is 40.4 Å². The minimum absolute atomic E-state index is 0.251. The third-order valence-corrected chi connectivity index (χ3v) is 5.78. The van der Waals surface area contributed by atoms with Crippen LogP contribution in [-0.2, 0) is 0 Å². The third-order valence-electron chi connectivity index (χ3n) is 5.44. The topological polar surface area (TPSA) is 72.7 Å². The van der Waals surface area contributed by atoms with Crippen LogP contribution >= 0.6 is 12.2 Å². The third kappa shape index (κ3) is 4.61. The molecule has 0 spiro atoms. The van der Waals surface area contributed by atoms with Crippen molar-refractivity contribution in [3.63, 3.8) is 0 Å². The van der Waals surface area contributed by atoms with Crippen LogP contribution in [0.3, 0.4) is 0 Å². The van der Waals surface area contributed by atoms with E-state index in [4.69, 9.17) is 31.2 Å². The van der Waals surface area contributed by atoms with Crippen LogP contribution < -0.4 is 14.8 Å². The van der Waals surface area contributed by atoms with E-state index in [-0.39, 0.29) is 6.04 Å². The van der Waals surface area contributed by atoms with Crippen molar-refractivity contribution >= 4 is 22.9 Å². The van der Waals surface area contributed by atoms with E-state index in [1.807, 2.05) is 73.4 Å². The van der Waals surface area contributed by atoms with Crippen LogP contribution in [0.25, 0.3) is 17.0 Å². The van der Waals surface area contributed by atoms with Crippen molar-refractivity contribution in [1.29, 1.82) is 0 Å². The molecule has 0 fully saturated rings. The maximum Gasteiger partial charge on any atom is 0.258 e. The van der Waals surface area contributed by atoms with Gasteiger partial charge < -0.3 is 24.2 Å². The number of rotatable bonds is 8. The molecule has 1 aliphatic rings. The number of allylic oxidation sites excluding steroid dienone is 1. The quantitative estimate of drug-likeness (QED) is 0.371. The number of ether oxygens (including phenoxy) is 2. The summed E-state index contributed by atoms with van der Waals surface area (Å²) in [4.78, 5) is 6.69. The lowest BCUT2D eigenvalue weighted by atomic mass is 9.94. The first-order chi connectivity index (χ1) is 16.0. The summed E-state index contributed by atoms with van der Waals surface area (Å²) in [7, 11) is 1.63. The normalized spacial score (nSPS) is 15.9. The van der Waals surface area contributed by atoms with E-state index in [0.717, 1.165) is 33.9 Å². The molecule has 170 valence electrons. The van der Waals surface area contributed by atoms with Gasteiger partial charge >= 0.3 is 0 Å². The lowest BCUT2D eigenvalue weighted by Gasteiger charge is -2.36. The summed E-state index contributed by atoms with van der Waals surface area (Å²) in [5.41, 5.74) is 3.64. The van der Waals surface area contributed by atoms with Gasteiger partial charge in [-0.05, 0) is 68.0 Å². The average molecular weight is 463 g/mol. The summed E-state index contributed by atoms with van der Waals surface area (Å²) in [6, 6.07) is 15.2. The predicted octanol–water partition coefficient (Wildman–Crippen LogP) is 4.99. The molecule has 2 heterocycles. The first-order valence-electron chi connectivity index (χ1n) is 10.7. The molecule has 33 heavy (non-hydrogen) atoms. The lowest BCUT2D eigenvalue weighted by Crippen LogP contribution is -2.45. The second-order valence-electron chi connectivity index (χ2n) is 7.43. The standard InChI is InChI=1S/C25H26N4O3S/c1-5-15-29-16(3)21(22(26-25(29)33)17-7-13-20(14-8-17)31-6-2)24-27-23(28-32-24)18-9-11-19(30-4)12-10-18/h5,7-14,22H,1,6,15H2,2-4H3,(H,26,33). The highest BCUT2D eigenvalue weighted by molar-refractivity contribution is 7.80. The van der Waals surface area contributed by atoms with Gasteiger partial charge in [0, 0.05) is 17.8 Å².